The Balaban J connectivity index is 1.54. The number of piperazine rings is 1. The smallest absolute Gasteiger partial charge is 0.270 e. The van der Waals surface area contributed by atoms with Gasteiger partial charge in [-0.2, -0.15) is 0 Å². The van der Waals surface area contributed by atoms with Gasteiger partial charge < -0.3 is 20.0 Å². The summed E-state index contributed by atoms with van der Waals surface area (Å²) in [5.74, 6) is 1.60. The standard InChI is InChI=1S/C21H26N4O3/c1-13-8-15-17(10-21(2,3)11-18(15)28-13)24-20(27)16-9-14(4-5-22-16)25-7-6-23-19(26)12-25/h4-5,8-9,17H,6-7,10-12H2,1-3H3,(H,23,26)(H,24,27). The lowest BCUT2D eigenvalue weighted by molar-refractivity contribution is -0.120. The zero-order chi connectivity index (χ0) is 19.9. The van der Waals surface area contributed by atoms with Gasteiger partial charge in [-0.15, -0.1) is 0 Å². The second kappa shape index (κ2) is 6.96. The maximum Gasteiger partial charge on any atom is 0.270 e. The minimum Gasteiger partial charge on any atom is -0.466 e. The summed E-state index contributed by atoms with van der Waals surface area (Å²) in [4.78, 5) is 30.8. The highest BCUT2D eigenvalue weighted by Crippen LogP contribution is 2.42. The molecule has 0 spiro atoms. The molecule has 28 heavy (non-hydrogen) atoms. The summed E-state index contributed by atoms with van der Waals surface area (Å²) in [7, 11) is 0. The largest absolute Gasteiger partial charge is 0.466 e. The van der Waals surface area contributed by atoms with Crippen molar-refractivity contribution in [1.29, 1.82) is 0 Å². The number of nitrogens with zero attached hydrogens (tertiary/aromatic N) is 2. The Morgan fingerprint density at radius 1 is 1.39 bits per heavy atom. The van der Waals surface area contributed by atoms with Crippen molar-refractivity contribution < 1.29 is 14.0 Å². The van der Waals surface area contributed by atoms with E-state index in [0.717, 1.165) is 35.6 Å². The molecule has 1 fully saturated rings. The van der Waals surface area contributed by atoms with E-state index in [1.165, 1.54) is 0 Å². The molecular weight excluding hydrogens is 356 g/mol. The quantitative estimate of drug-likeness (QED) is 0.851. The molecule has 2 aliphatic rings. The van der Waals surface area contributed by atoms with Gasteiger partial charge >= 0.3 is 0 Å². The van der Waals surface area contributed by atoms with Crippen LogP contribution < -0.4 is 15.5 Å². The van der Waals surface area contributed by atoms with E-state index in [1.54, 1.807) is 12.3 Å². The van der Waals surface area contributed by atoms with Crippen LogP contribution in [0.2, 0.25) is 0 Å². The van der Waals surface area contributed by atoms with Gasteiger partial charge in [0.25, 0.3) is 5.91 Å². The first-order valence-electron chi connectivity index (χ1n) is 9.68. The predicted molar refractivity (Wildman–Crippen MR) is 105 cm³/mol. The Morgan fingerprint density at radius 2 is 2.21 bits per heavy atom. The van der Waals surface area contributed by atoms with Gasteiger partial charge in [-0.25, -0.2) is 0 Å². The molecule has 0 bridgehead atoms. The molecule has 0 radical (unpaired) electrons. The maximum absolute atomic E-state index is 12.9. The molecule has 1 atom stereocenters. The van der Waals surface area contributed by atoms with Crippen LogP contribution in [-0.4, -0.2) is 36.4 Å². The Morgan fingerprint density at radius 3 is 3.00 bits per heavy atom. The number of aromatic nitrogens is 1. The number of hydrogen-bond donors (Lipinski definition) is 2. The van der Waals surface area contributed by atoms with Crippen LogP contribution >= 0.6 is 0 Å². The van der Waals surface area contributed by atoms with Gasteiger partial charge in [0.2, 0.25) is 5.91 Å². The van der Waals surface area contributed by atoms with Gasteiger partial charge in [0, 0.05) is 37.0 Å². The van der Waals surface area contributed by atoms with Crippen LogP contribution in [0.15, 0.2) is 28.8 Å². The number of rotatable bonds is 3. The second-order valence-electron chi connectivity index (χ2n) is 8.48. The first kappa shape index (κ1) is 18.5. The fraction of sp³-hybridized carbons (Fsp3) is 0.476. The van der Waals surface area contributed by atoms with E-state index in [-0.39, 0.29) is 23.3 Å². The molecule has 2 aromatic heterocycles. The predicted octanol–water partition coefficient (Wildman–Crippen LogP) is 2.36. The minimum absolute atomic E-state index is 0.0126. The molecule has 1 aliphatic carbocycles. The zero-order valence-corrected chi connectivity index (χ0v) is 16.5. The number of pyridine rings is 1. The van der Waals surface area contributed by atoms with Crippen LogP contribution in [0.4, 0.5) is 5.69 Å². The third kappa shape index (κ3) is 3.74. The molecular formula is C21H26N4O3. The maximum atomic E-state index is 12.9. The van der Waals surface area contributed by atoms with E-state index in [9.17, 15) is 9.59 Å². The Labute approximate surface area is 164 Å². The van der Waals surface area contributed by atoms with Crippen LogP contribution in [0, 0.1) is 12.3 Å². The van der Waals surface area contributed by atoms with Gasteiger partial charge in [-0.1, -0.05) is 13.8 Å². The summed E-state index contributed by atoms with van der Waals surface area (Å²) in [5.41, 5.74) is 2.30. The molecule has 4 rings (SSSR count). The number of nitrogens with one attached hydrogen (secondary N) is 2. The zero-order valence-electron chi connectivity index (χ0n) is 16.5. The first-order valence-corrected chi connectivity index (χ1v) is 9.68. The monoisotopic (exact) mass is 382 g/mol. The summed E-state index contributed by atoms with van der Waals surface area (Å²) in [6.07, 6.45) is 3.33. The summed E-state index contributed by atoms with van der Waals surface area (Å²) in [6, 6.07) is 5.50. The average molecular weight is 382 g/mol. The number of carbonyl (C=O) groups is 2. The number of furan rings is 1. The van der Waals surface area contributed by atoms with E-state index in [2.05, 4.69) is 29.5 Å². The lowest BCUT2D eigenvalue weighted by atomic mass is 9.74. The number of aryl methyl sites for hydroxylation is 1. The molecule has 1 saturated heterocycles. The van der Waals surface area contributed by atoms with Crippen LogP contribution in [0.25, 0.3) is 0 Å². The van der Waals surface area contributed by atoms with Gasteiger partial charge in [-0.05, 0) is 37.0 Å². The Bertz CT molecular complexity index is 918. The third-order valence-corrected chi connectivity index (χ3v) is 5.42. The number of carbonyl (C=O) groups excluding carboxylic acids is 2. The van der Waals surface area contributed by atoms with Crippen LogP contribution in [0.3, 0.4) is 0 Å². The van der Waals surface area contributed by atoms with E-state index in [4.69, 9.17) is 4.42 Å². The van der Waals surface area contributed by atoms with Crippen molar-refractivity contribution in [1.82, 2.24) is 15.6 Å². The van der Waals surface area contributed by atoms with E-state index in [1.807, 2.05) is 24.0 Å². The normalized spacial score (nSPS) is 21.0. The minimum atomic E-state index is -0.212. The summed E-state index contributed by atoms with van der Waals surface area (Å²) in [5, 5.41) is 5.95. The molecule has 2 amide bonds. The summed E-state index contributed by atoms with van der Waals surface area (Å²) >= 11 is 0. The van der Waals surface area contributed by atoms with Crippen molar-refractivity contribution in [3.05, 3.63) is 47.2 Å². The molecule has 148 valence electrons. The molecule has 0 aromatic carbocycles. The fourth-order valence-electron chi connectivity index (χ4n) is 4.14. The lowest BCUT2D eigenvalue weighted by Gasteiger charge is -2.34. The molecule has 2 aromatic rings. The highest BCUT2D eigenvalue weighted by Gasteiger charge is 2.35. The first-order chi connectivity index (χ1) is 13.3. The van der Waals surface area contributed by atoms with Crippen molar-refractivity contribution >= 4 is 17.5 Å². The van der Waals surface area contributed by atoms with Gasteiger partial charge in [0.1, 0.15) is 17.2 Å². The van der Waals surface area contributed by atoms with Crippen molar-refractivity contribution in [3.8, 4) is 0 Å². The van der Waals surface area contributed by atoms with Gasteiger partial charge in [0.05, 0.1) is 12.6 Å². The summed E-state index contributed by atoms with van der Waals surface area (Å²) in [6.45, 7) is 7.91. The van der Waals surface area contributed by atoms with Crippen molar-refractivity contribution in [2.75, 3.05) is 24.5 Å². The number of anilines is 1. The number of amides is 2. The SMILES string of the molecule is Cc1cc2c(o1)CC(C)(C)CC2NC(=O)c1cc(N2CCNC(=O)C2)ccn1. The summed E-state index contributed by atoms with van der Waals surface area (Å²) < 4.78 is 5.86. The molecule has 2 N–H and O–H groups in total. The molecule has 7 nitrogen and oxygen atoms in total. The van der Waals surface area contributed by atoms with Gasteiger partial charge in [-0.3, -0.25) is 14.6 Å². The highest BCUT2D eigenvalue weighted by molar-refractivity contribution is 5.93. The van der Waals surface area contributed by atoms with Crippen LogP contribution in [-0.2, 0) is 11.2 Å². The average Bonchev–Trinajstić information content (AvgIpc) is 3.01. The highest BCUT2D eigenvalue weighted by atomic mass is 16.3. The second-order valence-corrected chi connectivity index (χ2v) is 8.48. The van der Waals surface area contributed by atoms with E-state index < -0.39 is 0 Å². The van der Waals surface area contributed by atoms with E-state index >= 15 is 0 Å². The van der Waals surface area contributed by atoms with E-state index in [0.29, 0.717) is 25.3 Å². The van der Waals surface area contributed by atoms with Crippen molar-refractivity contribution in [2.45, 2.75) is 39.7 Å². The van der Waals surface area contributed by atoms with Crippen molar-refractivity contribution in [2.24, 2.45) is 5.41 Å². The van der Waals surface area contributed by atoms with Crippen LogP contribution in [0.5, 0.6) is 0 Å². The molecule has 0 saturated carbocycles. The fourth-order valence-corrected chi connectivity index (χ4v) is 4.14. The van der Waals surface area contributed by atoms with Crippen molar-refractivity contribution in [3.63, 3.8) is 0 Å². The molecule has 3 heterocycles. The topological polar surface area (TPSA) is 87.5 Å². The molecule has 7 heteroatoms. The Hall–Kier alpha value is -2.83. The van der Waals surface area contributed by atoms with Crippen LogP contribution in [0.1, 0.15) is 53.9 Å². The number of fused-ring (bicyclic) bond motifs is 1. The molecule has 1 unspecified atom stereocenters. The lowest BCUT2D eigenvalue weighted by Crippen LogP contribution is -2.47. The van der Waals surface area contributed by atoms with Gasteiger partial charge in [0.15, 0.2) is 0 Å². The molecule has 1 aliphatic heterocycles. The Kier molecular flexibility index (Phi) is 4.61. The third-order valence-electron chi connectivity index (χ3n) is 5.42. The number of hydrogen-bond acceptors (Lipinski definition) is 5.